The lowest BCUT2D eigenvalue weighted by Crippen LogP contribution is -2.44. The van der Waals surface area contributed by atoms with Crippen LogP contribution in [-0.2, 0) is 4.79 Å². The van der Waals surface area contributed by atoms with Crippen molar-refractivity contribution < 1.29 is 9.53 Å². The molecule has 0 bridgehead atoms. The van der Waals surface area contributed by atoms with Gasteiger partial charge in [0.1, 0.15) is 0 Å². The monoisotopic (exact) mass is 418 g/mol. The molecule has 31 heavy (non-hydrogen) atoms. The van der Waals surface area contributed by atoms with Crippen molar-refractivity contribution >= 4 is 22.8 Å². The molecule has 2 heterocycles. The van der Waals surface area contributed by atoms with Gasteiger partial charge in [0.15, 0.2) is 5.82 Å². The molecule has 2 atom stereocenters. The van der Waals surface area contributed by atoms with E-state index in [0.29, 0.717) is 19.0 Å². The molecule has 0 aliphatic carbocycles. The number of benzene rings is 2. The first-order valence-electron chi connectivity index (χ1n) is 11.2. The van der Waals surface area contributed by atoms with E-state index in [9.17, 15) is 4.79 Å². The lowest BCUT2D eigenvalue weighted by molar-refractivity contribution is -0.125. The summed E-state index contributed by atoms with van der Waals surface area (Å²) in [6, 6.07) is 17.9. The van der Waals surface area contributed by atoms with Crippen LogP contribution in [0.2, 0.25) is 0 Å². The summed E-state index contributed by atoms with van der Waals surface area (Å²) in [4.78, 5) is 24.8. The van der Waals surface area contributed by atoms with Crippen molar-refractivity contribution in [2.45, 2.75) is 39.2 Å². The van der Waals surface area contributed by atoms with Gasteiger partial charge < -0.3 is 15.0 Å². The van der Waals surface area contributed by atoms with Gasteiger partial charge in [0.2, 0.25) is 5.91 Å². The third kappa shape index (κ3) is 4.95. The maximum atomic E-state index is 13.0. The molecule has 1 N–H and O–H groups in total. The van der Waals surface area contributed by atoms with Gasteiger partial charge in [-0.05, 0) is 43.9 Å². The van der Waals surface area contributed by atoms with Crippen LogP contribution in [0.1, 0.15) is 44.7 Å². The van der Waals surface area contributed by atoms with Gasteiger partial charge >= 0.3 is 0 Å². The number of nitrogens with zero attached hydrogens (tertiary/aromatic N) is 3. The number of amides is 1. The minimum Gasteiger partial charge on any atom is -0.475 e. The van der Waals surface area contributed by atoms with Crippen LogP contribution in [0, 0.1) is 5.92 Å². The van der Waals surface area contributed by atoms with E-state index < -0.39 is 0 Å². The zero-order chi connectivity index (χ0) is 21.6. The van der Waals surface area contributed by atoms with Gasteiger partial charge in [0, 0.05) is 13.1 Å². The summed E-state index contributed by atoms with van der Waals surface area (Å²) < 4.78 is 5.95. The van der Waals surface area contributed by atoms with Gasteiger partial charge in [-0.15, -0.1) is 0 Å². The maximum absolute atomic E-state index is 13.0. The molecule has 1 saturated heterocycles. The van der Waals surface area contributed by atoms with Crippen molar-refractivity contribution in [3.8, 4) is 5.88 Å². The molecule has 1 aromatic heterocycles. The van der Waals surface area contributed by atoms with Crippen LogP contribution in [0.25, 0.3) is 11.0 Å². The minimum atomic E-state index is -0.0905. The van der Waals surface area contributed by atoms with Crippen molar-refractivity contribution in [2.75, 3.05) is 24.6 Å². The first-order valence-corrected chi connectivity index (χ1v) is 11.2. The molecule has 3 aromatic rings. The highest BCUT2D eigenvalue weighted by Crippen LogP contribution is 2.31. The zero-order valence-corrected chi connectivity index (χ0v) is 18.3. The quantitative estimate of drug-likeness (QED) is 0.611. The van der Waals surface area contributed by atoms with Crippen molar-refractivity contribution in [2.24, 2.45) is 5.92 Å². The second-order valence-electron chi connectivity index (χ2n) is 8.12. The Kier molecular flexibility index (Phi) is 6.65. The summed E-state index contributed by atoms with van der Waals surface area (Å²) in [5.41, 5.74) is 2.77. The van der Waals surface area contributed by atoms with Crippen molar-refractivity contribution in [3.63, 3.8) is 0 Å². The number of hydrogen-bond acceptors (Lipinski definition) is 5. The molecule has 0 spiro atoms. The topological polar surface area (TPSA) is 67.4 Å². The van der Waals surface area contributed by atoms with E-state index in [1.807, 2.05) is 61.5 Å². The molecule has 0 saturated carbocycles. The molecule has 4 rings (SSSR count). The molecule has 6 nitrogen and oxygen atoms in total. The molecule has 1 aliphatic rings. The summed E-state index contributed by atoms with van der Waals surface area (Å²) in [5.74, 6) is 1.29. The number of aromatic nitrogens is 2. The number of piperidine rings is 1. The number of ether oxygens (including phenoxy) is 1. The lowest BCUT2D eigenvalue weighted by atomic mass is 9.96. The predicted molar refractivity (Wildman–Crippen MR) is 123 cm³/mol. The second kappa shape index (κ2) is 9.77. The van der Waals surface area contributed by atoms with Crippen molar-refractivity contribution in [1.82, 2.24) is 15.3 Å². The van der Waals surface area contributed by atoms with E-state index in [-0.39, 0.29) is 17.9 Å². The molecule has 1 aliphatic heterocycles. The van der Waals surface area contributed by atoms with Crippen molar-refractivity contribution in [1.29, 1.82) is 0 Å². The average molecular weight is 419 g/mol. The van der Waals surface area contributed by atoms with Gasteiger partial charge in [0.25, 0.3) is 5.88 Å². The maximum Gasteiger partial charge on any atom is 0.258 e. The smallest absolute Gasteiger partial charge is 0.258 e. The van der Waals surface area contributed by atoms with Crippen LogP contribution in [0.4, 0.5) is 5.82 Å². The fourth-order valence-corrected chi connectivity index (χ4v) is 4.02. The first kappa shape index (κ1) is 21.1. The summed E-state index contributed by atoms with van der Waals surface area (Å²) in [5, 5.41) is 3.18. The standard InChI is InChI=1S/C25H30N4O2/c1-3-16-31-25-23(27-21-13-7-8-14-22(21)28-25)29-15-9-12-20(17-29)24(30)26-18(2)19-10-5-4-6-11-19/h4-8,10-11,13-14,18,20H,3,9,12,15-17H2,1-2H3,(H,26,30)/t18-,20-/m1/s1. The highest BCUT2D eigenvalue weighted by atomic mass is 16.5. The second-order valence-corrected chi connectivity index (χ2v) is 8.12. The SMILES string of the molecule is CCCOc1nc2ccccc2nc1N1CCC[C@@H](C(=O)N[C@H](C)c2ccccc2)C1. The van der Waals surface area contributed by atoms with Crippen LogP contribution < -0.4 is 15.0 Å². The molecular formula is C25H30N4O2. The summed E-state index contributed by atoms with van der Waals surface area (Å²) in [7, 11) is 0. The van der Waals surface area contributed by atoms with Gasteiger partial charge in [0.05, 0.1) is 29.6 Å². The highest BCUT2D eigenvalue weighted by Gasteiger charge is 2.29. The van der Waals surface area contributed by atoms with Crippen LogP contribution in [0.5, 0.6) is 5.88 Å². The van der Waals surface area contributed by atoms with Crippen LogP contribution in [-0.4, -0.2) is 35.6 Å². The molecule has 0 radical (unpaired) electrons. The van der Waals surface area contributed by atoms with Crippen LogP contribution >= 0.6 is 0 Å². The Balaban J connectivity index is 1.52. The Morgan fingerprint density at radius 1 is 1.13 bits per heavy atom. The Bertz CT molecular complexity index is 1020. The van der Waals surface area contributed by atoms with E-state index in [0.717, 1.165) is 48.2 Å². The van der Waals surface area contributed by atoms with Gasteiger partial charge in [-0.2, -0.15) is 0 Å². The molecule has 0 unspecified atom stereocenters. The van der Waals surface area contributed by atoms with Crippen LogP contribution in [0.3, 0.4) is 0 Å². The lowest BCUT2D eigenvalue weighted by Gasteiger charge is -2.34. The van der Waals surface area contributed by atoms with Crippen molar-refractivity contribution in [3.05, 3.63) is 60.2 Å². The van der Waals surface area contributed by atoms with Gasteiger partial charge in [-0.25, -0.2) is 9.97 Å². The normalized spacial score (nSPS) is 17.4. The summed E-state index contributed by atoms with van der Waals surface area (Å²) in [6.45, 7) is 6.14. The highest BCUT2D eigenvalue weighted by molar-refractivity contribution is 5.81. The summed E-state index contributed by atoms with van der Waals surface area (Å²) >= 11 is 0. The summed E-state index contributed by atoms with van der Waals surface area (Å²) in [6.07, 6.45) is 2.70. The van der Waals surface area contributed by atoms with E-state index >= 15 is 0 Å². The Labute approximate surface area is 183 Å². The third-order valence-electron chi connectivity index (χ3n) is 5.71. The predicted octanol–water partition coefficient (Wildman–Crippen LogP) is 4.51. The fraction of sp³-hybridized carbons (Fsp3) is 0.400. The molecule has 1 amide bonds. The number of carbonyl (C=O) groups is 1. The first-order chi connectivity index (χ1) is 15.2. The Morgan fingerprint density at radius 2 is 1.84 bits per heavy atom. The van der Waals surface area contributed by atoms with E-state index in [1.165, 1.54) is 0 Å². The van der Waals surface area contributed by atoms with Crippen LogP contribution in [0.15, 0.2) is 54.6 Å². The fourth-order valence-electron chi connectivity index (χ4n) is 4.02. The molecule has 1 fully saturated rings. The number of nitrogens with one attached hydrogen (secondary N) is 1. The Morgan fingerprint density at radius 3 is 2.58 bits per heavy atom. The number of para-hydroxylation sites is 2. The van der Waals surface area contributed by atoms with Gasteiger partial charge in [-0.1, -0.05) is 49.4 Å². The van der Waals surface area contributed by atoms with E-state index in [2.05, 4.69) is 17.1 Å². The largest absolute Gasteiger partial charge is 0.475 e. The number of fused-ring (bicyclic) bond motifs is 1. The Hall–Kier alpha value is -3.15. The number of hydrogen-bond donors (Lipinski definition) is 1. The number of anilines is 1. The van der Waals surface area contributed by atoms with Gasteiger partial charge in [-0.3, -0.25) is 4.79 Å². The average Bonchev–Trinajstić information content (AvgIpc) is 2.82. The molecule has 6 heteroatoms. The number of carbonyl (C=O) groups excluding carboxylic acids is 1. The minimum absolute atomic E-state index is 0.0204. The molecule has 162 valence electrons. The van der Waals surface area contributed by atoms with E-state index in [1.54, 1.807) is 0 Å². The number of rotatable bonds is 7. The molecular weight excluding hydrogens is 388 g/mol. The zero-order valence-electron chi connectivity index (χ0n) is 18.3. The van der Waals surface area contributed by atoms with E-state index in [4.69, 9.17) is 14.7 Å². The molecule has 2 aromatic carbocycles. The third-order valence-corrected chi connectivity index (χ3v) is 5.71.